The Morgan fingerprint density at radius 1 is 1.35 bits per heavy atom. The summed E-state index contributed by atoms with van der Waals surface area (Å²) in [5.74, 6) is -0.841. The van der Waals surface area contributed by atoms with E-state index in [1.54, 1.807) is 19.1 Å². The molecule has 0 bridgehead atoms. The van der Waals surface area contributed by atoms with Gasteiger partial charge in [0.05, 0.1) is 24.7 Å². The fraction of sp³-hybridized carbons (Fsp3) is 0.846. The third-order valence-corrected chi connectivity index (χ3v) is 3.62. The van der Waals surface area contributed by atoms with Crippen molar-refractivity contribution in [3.8, 4) is 0 Å². The quantitative estimate of drug-likeness (QED) is 0.646. The number of hydrogen-bond donors (Lipinski definition) is 2. The zero-order valence-corrected chi connectivity index (χ0v) is 12.3. The second-order valence-electron chi connectivity index (χ2n) is 5.23. The van der Waals surface area contributed by atoms with Gasteiger partial charge < -0.3 is 24.8 Å². The number of carboxylic acids is 1. The van der Waals surface area contributed by atoms with Crippen LogP contribution in [0.1, 0.15) is 19.8 Å². The number of aliphatic carboxylic acids is 1. The molecular weight excluding hydrogens is 264 g/mol. The number of urea groups is 1. The molecule has 0 aliphatic heterocycles. The number of nitrogens with one attached hydrogen (secondary N) is 1. The van der Waals surface area contributed by atoms with Gasteiger partial charge in [-0.3, -0.25) is 4.79 Å². The molecule has 1 aliphatic carbocycles. The monoisotopic (exact) mass is 288 g/mol. The van der Waals surface area contributed by atoms with Gasteiger partial charge in [0.15, 0.2) is 0 Å². The molecule has 7 heteroatoms. The summed E-state index contributed by atoms with van der Waals surface area (Å²) >= 11 is 0. The summed E-state index contributed by atoms with van der Waals surface area (Å²) in [5.41, 5.74) is -0.757. The Morgan fingerprint density at radius 2 is 2.00 bits per heavy atom. The number of methoxy groups -OCH3 is 2. The lowest BCUT2D eigenvalue weighted by Gasteiger charge is -2.29. The molecule has 0 heterocycles. The van der Waals surface area contributed by atoms with Gasteiger partial charge in [-0.25, -0.2) is 4.79 Å². The molecule has 0 saturated heterocycles. The third kappa shape index (κ3) is 4.35. The highest BCUT2D eigenvalue weighted by Crippen LogP contribution is 2.45. The smallest absolute Gasteiger partial charge is 0.317 e. The van der Waals surface area contributed by atoms with Crippen LogP contribution in [-0.4, -0.2) is 68.6 Å². The minimum absolute atomic E-state index is 0.102. The number of ether oxygens (including phenoxy) is 2. The van der Waals surface area contributed by atoms with E-state index in [4.69, 9.17) is 14.6 Å². The van der Waals surface area contributed by atoms with Crippen molar-refractivity contribution in [1.29, 1.82) is 0 Å². The fourth-order valence-electron chi connectivity index (χ4n) is 2.01. The van der Waals surface area contributed by atoms with Crippen LogP contribution in [0.5, 0.6) is 0 Å². The van der Waals surface area contributed by atoms with E-state index >= 15 is 0 Å². The van der Waals surface area contributed by atoms with Crippen LogP contribution >= 0.6 is 0 Å². The van der Waals surface area contributed by atoms with Crippen molar-refractivity contribution < 1.29 is 24.2 Å². The first-order chi connectivity index (χ1) is 9.46. The molecule has 1 unspecified atom stereocenters. The lowest BCUT2D eigenvalue weighted by atomic mass is 10.1. The summed E-state index contributed by atoms with van der Waals surface area (Å²) in [6, 6.07) is -0.380. The first-order valence-electron chi connectivity index (χ1n) is 6.72. The van der Waals surface area contributed by atoms with Gasteiger partial charge in [-0.15, -0.1) is 0 Å². The Bertz CT molecular complexity index is 344. The minimum atomic E-state index is -0.841. The van der Waals surface area contributed by atoms with E-state index in [2.05, 4.69) is 5.32 Å². The van der Waals surface area contributed by atoms with E-state index in [0.29, 0.717) is 32.6 Å². The molecule has 1 saturated carbocycles. The van der Waals surface area contributed by atoms with Crippen molar-refractivity contribution >= 4 is 12.0 Å². The summed E-state index contributed by atoms with van der Waals surface area (Å²) in [6.07, 6.45) is 1.24. The van der Waals surface area contributed by atoms with Gasteiger partial charge in [0.2, 0.25) is 0 Å². The van der Waals surface area contributed by atoms with Gasteiger partial charge in [-0.2, -0.15) is 0 Å². The first kappa shape index (κ1) is 16.7. The Labute approximate surface area is 119 Å². The van der Waals surface area contributed by atoms with E-state index in [9.17, 15) is 9.59 Å². The number of carbonyl (C=O) groups excluding carboxylic acids is 1. The Balaban J connectivity index is 2.52. The Hall–Kier alpha value is -1.34. The lowest BCUT2D eigenvalue weighted by Crippen LogP contribution is -2.49. The predicted molar refractivity (Wildman–Crippen MR) is 72.6 cm³/mol. The maximum Gasteiger partial charge on any atom is 0.317 e. The Kier molecular flexibility index (Phi) is 6.22. The number of nitrogens with zero attached hydrogens (tertiary/aromatic N) is 1. The standard InChI is InChI=1S/C13H24N2O5/c1-10(8-20-3)15(6-7-19-2)12(18)14-9-13(4-5-13)11(16)17/h10H,4-9H2,1-3H3,(H,14,18)(H,16,17). The molecular formula is C13H24N2O5. The maximum absolute atomic E-state index is 12.2. The summed E-state index contributed by atoms with van der Waals surface area (Å²) < 4.78 is 10.0. The first-order valence-corrected chi connectivity index (χ1v) is 6.72. The predicted octanol–water partition coefficient (Wildman–Crippen LogP) is 0.544. The summed E-state index contributed by atoms with van der Waals surface area (Å²) in [6.45, 7) is 3.33. The molecule has 0 aromatic rings. The largest absolute Gasteiger partial charge is 0.481 e. The molecule has 0 aromatic heterocycles. The summed E-state index contributed by atoms with van der Waals surface area (Å²) in [4.78, 5) is 24.8. The molecule has 0 spiro atoms. The Morgan fingerprint density at radius 3 is 2.45 bits per heavy atom. The SMILES string of the molecule is COCCN(C(=O)NCC1(C(=O)O)CC1)C(C)COC. The molecule has 1 fully saturated rings. The molecule has 7 nitrogen and oxygen atoms in total. The van der Waals surface area contributed by atoms with Crippen LogP contribution in [0.25, 0.3) is 0 Å². The zero-order chi connectivity index (χ0) is 15.2. The van der Waals surface area contributed by atoms with Gasteiger partial charge in [0.1, 0.15) is 0 Å². The van der Waals surface area contributed by atoms with Gasteiger partial charge in [-0.05, 0) is 19.8 Å². The molecule has 116 valence electrons. The van der Waals surface area contributed by atoms with Crippen molar-refractivity contribution in [2.24, 2.45) is 5.41 Å². The molecule has 1 aliphatic rings. The van der Waals surface area contributed by atoms with E-state index in [0.717, 1.165) is 0 Å². The van der Waals surface area contributed by atoms with Gasteiger partial charge in [-0.1, -0.05) is 0 Å². The van der Waals surface area contributed by atoms with Gasteiger partial charge in [0.25, 0.3) is 0 Å². The van der Waals surface area contributed by atoms with E-state index in [1.165, 1.54) is 0 Å². The van der Waals surface area contributed by atoms with E-state index in [1.807, 2.05) is 6.92 Å². The van der Waals surface area contributed by atoms with E-state index < -0.39 is 11.4 Å². The van der Waals surface area contributed by atoms with Crippen LogP contribution in [0.2, 0.25) is 0 Å². The number of hydrogen-bond acceptors (Lipinski definition) is 4. The molecule has 2 N–H and O–H groups in total. The zero-order valence-electron chi connectivity index (χ0n) is 12.3. The maximum atomic E-state index is 12.2. The van der Waals surface area contributed by atoms with Crippen molar-refractivity contribution in [3.05, 3.63) is 0 Å². The number of carboxylic acid groups (broad SMARTS) is 1. The summed E-state index contributed by atoms with van der Waals surface area (Å²) in [7, 11) is 3.15. The second kappa shape index (κ2) is 7.44. The van der Waals surface area contributed by atoms with Gasteiger partial charge >= 0.3 is 12.0 Å². The molecule has 2 amide bonds. The normalized spacial score (nSPS) is 17.4. The van der Waals surface area contributed by atoms with Crippen LogP contribution in [0.15, 0.2) is 0 Å². The number of carbonyl (C=O) groups is 2. The van der Waals surface area contributed by atoms with Crippen LogP contribution in [-0.2, 0) is 14.3 Å². The van der Waals surface area contributed by atoms with E-state index in [-0.39, 0.29) is 18.6 Å². The van der Waals surface area contributed by atoms with Crippen molar-refractivity contribution in [1.82, 2.24) is 10.2 Å². The second-order valence-corrected chi connectivity index (χ2v) is 5.23. The van der Waals surface area contributed by atoms with Crippen LogP contribution in [0, 0.1) is 5.41 Å². The van der Waals surface area contributed by atoms with Crippen LogP contribution < -0.4 is 5.32 Å². The fourth-order valence-corrected chi connectivity index (χ4v) is 2.01. The molecule has 0 aromatic carbocycles. The summed E-state index contributed by atoms with van der Waals surface area (Å²) in [5, 5.41) is 11.8. The minimum Gasteiger partial charge on any atom is -0.481 e. The van der Waals surface area contributed by atoms with Crippen molar-refractivity contribution in [3.63, 3.8) is 0 Å². The van der Waals surface area contributed by atoms with Crippen molar-refractivity contribution in [2.75, 3.05) is 40.5 Å². The molecule has 0 radical (unpaired) electrons. The average Bonchev–Trinajstić information content (AvgIpc) is 3.18. The molecule has 1 rings (SSSR count). The van der Waals surface area contributed by atoms with Crippen LogP contribution in [0.4, 0.5) is 4.79 Å². The number of amides is 2. The number of rotatable bonds is 9. The molecule has 1 atom stereocenters. The topological polar surface area (TPSA) is 88.1 Å². The average molecular weight is 288 g/mol. The highest BCUT2D eigenvalue weighted by molar-refractivity contribution is 5.80. The van der Waals surface area contributed by atoms with Gasteiger partial charge in [0, 0.05) is 27.3 Å². The highest BCUT2D eigenvalue weighted by Gasteiger charge is 2.50. The highest BCUT2D eigenvalue weighted by atomic mass is 16.5. The molecule has 20 heavy (non-hydrogen) atoms. The van der Waals surface area contributed by atoms with Crippen LogP contribution in [0.3, 0.4) is 0 Å². The lowest BCUT2D eigenvalue weighted by molar-refractivity contribution is -0.143. The third-order valence-electron chi connectivity index (χ3n) is 3.62. The van der Waals surface area contributed by atoms with Crippen molar-refractivity contribution in [2.45, 2.75) is 25.8 Å².